The molecule has 0 saturated heterocycles. The van der Waals surface area contributed by atoms with E-state index in [4.69, 9.17) is 11.5 Å². The fourth-order valence-corrected chi connectivity index (χ4v) is 3.82. The monoisotopic (exact) mass is 504 g/mol. The summed E-state index contributed by atoms with van der Waals surface area (Å²) in [6, 6.07) is 2.10. The average molecular weight is 504 g/mol. The van der Waals surface area contributed by atoms with Crippen LogP contribution in [0.4, 0.5) is 22.0 Å². The van der Waals surface area contributed by atoms with Gasteiger partial charge in [0.05, 0.1) is 16.7 Å². The number of carboxylic acid groups (broad SMARTS) is 2. The average Bonchev–Trinajstić information content (AvgIpc) is 2.72. The molecule has 35 heavy (non-hydrogen) atoms. The van der Waals surface area contributed by atoms with E-state index in [9.17, 15) is 42.6 Å². The van der Waals surface area contributed by atoms with E-state index in [0.717, 1.165) is 12.1 Å². The lowest BCUT2D eigenvalue weighted by molar-refractivity contribution is -0.135. The Balaban J connectivity index is 2.66. The minimum absolute atomic E-state index is 0.00261. The number of hydrogen-bond acceptors (Lipinski definition) is 4. The van der Waals surface area contributed by atoms with Gasteiger partial charge in [0.1, 0.15) is 0 Å². The molecule has 0 saturated carbocycles. The molecule has 0 spiro atoms. The van der Waals surface area contributed by atoms with E-state index >= 15 is 8.78 Å². The van der Waals surface area contributed by atoms with Crippen LogP contribution in [0.15, 0.2) is 18.2 Å². The number of fused-ring (bicyclic) bond motifs is 1. The van der Waals surface area contributed by atoms with Crippen LogP contribution in [-0.4, -0.2) is 40.1 Å². The van der Waals surface area contributed by atoms with E-state index in [1.165, 1.54) is 0 Å². The molecular weight excluding hydrogens is 483 g/mol. The molecule has 2 aromatic carbocycles. The molecule has 0 atom stereocenters. The molecule has 6 N–H and O–H groups in total. The summed E-state index contributed by atoms with van der Waals surface area (Å²) in [6.07, 6.45) is -6.93. The first-order valence-electron chi connectivity index (χ1n) is 10.2. The highest BCUT2D eigenvalue weighted by Gasteiger charge is 2.38. The number of alkyl halides is 5. The molecule has 0 aliphatic carbocycles. The summed E-state index contributed by atoms with van der Waals surface area (Å²) >= 11 is 0. The van der Waals surface area contributed by atoms with Crippen molar-refractivity contribution < 1.29 is 51.3 Å². The summed E-state index contributed by atoms with van der Waals surface area (Å²) in [5, 5.41) is 17.6. The molecule has 0 aromatic heterocycles. The van der Waals surface area contributed by atoms with E-state index in [-0.39, 0.29) is 25.7 Å². The lowest BCUT2D eigenvalue weighted by Gasteiger charge is -2.23. The summed E-state index contributed by atoms with van der Waals surface area (Å²) in [5.41, 5.74) is 6.26. The zero-order chi connectivity index (χ0) is 26.7. The molecule has 2 rings (SSSR count). The fourth-order valence-electron chi connectivity index (χ4n) is 3.82. The molecule has 2 aromatic rings. The van der Waals surface area contributed by atoms with Crippen molar-refractivity contribution in [3.8, 4) is 0 Å². The Morgan fingerprint density at radius 3 is 1.63 bits per heavy atom. The molecular formula is C22H21F5N2O6. The maximum atomic E-state index is 15.2. The minimum atomic E-state index is -4.37. The van der Waals surface area contributed by atoms with E-state index in [1.54, 1.807) is 0 Å². The van der Waals surface area contributed by atoms with E-state index in [1.807, 2.05) is 0 Å². The van der Waals surface area contributed by atoms with Crippen molar-refractivity contribution in [1.82, 2.24) is 0 Å². The van der Waals surface area contributed by atoms with Crippen molar-refractivity contribution in [2.75, 3.05) is 0 Å². The number of primary amides is 2. The van der Waals surface area contributed by atoms with Crippen LogP contribution >= 0.6 is 0 Å². The van der Waals surface area contributed by atoms with Crippen LogP contribution in [0, 0.1) is 0 Å². The summed E-state index contributed by atoms with van der Waals surface area (Å²) in [6.45, 7) is 0. The largest absolute Gasteiger partial charge is 0.478 e. The van der Waals surface area contributed by atoms with Crippen molar-refractivity contribution in [1.29, 1.82) is 0 Å². The number of aromatic carboxylic acids is 2. The third kappa shape index (κ3) is 6.22. The lowest BCUT2D eigenvalue weighted by Crippen LogP contribution is -2.26. The number of carbonyl (C=O) groups excluding carboxylic acids is 2. The van der Waals surface area contributed by atoms with Crippen LogP contribution in [0.1, 0.15) is 85.5 Å². The van der Waals surface area contributed by atoms with E-state index in [0.29, 0.717) is 6.07 Å². The van der Waals surface area contributed by atoms with Gasteiger partial charge in [0.2, 0.25) is 11.8 Å². The van der Waals surface area contributed by atoms with Crippen molar-refractivity contribution in [3.63, 3.8) is 0 Å². The molecule has 0 aliphatic rings. The highest BCUT2D eigenvalue weighted by molar-refractivity contribution is 6.23. The Hall–Kier alpha value is -3.77. The number of amides is 2. The maximum Gasteiger partial charge on any atom is 0.389 e. The van der Waals surface area contributed by atoms with Crippen LogP contribution in [0.3, 0.4) is 0 Å². The topological polar surface area (TPSA) is 161 Å². The van der Waals surface area contributed by atoms with Gasteiger partial charge in [-0.1, -0.05) is 12.8 Å². The number of benzene rings is 2. The number of unbranched alkanes of at least 4 members (excludes halogenated alkanes) is 3. The standard InChI is InChI=1S/C22H21F5N2O6/c23-21(24,7-3-1-2-4-8-22(25,26)27)13-9-12(17(28)30)14-10(19(32)33)5-6-11(20(34)35)15(14)16(13)18(29)31/h5-6,9H,1-4,7-8H2,(H2,28,30)(H2,29,31)(H,32,33)(H,34,35). The summed E-state index contributed by atoms with van der Waals surface area (Å²) < 4.78 is 67.1. The third-order valence-corrected chi connectivity index (χ3v) is 5.35. The number of nitrogens with two attached hydrogens (primary N) is 2. The summed E-state index contributed by atoms with van der Waals surface area (Å²) in [7, 11) is 0. The van der Waals surface area contributed by atoms with Gasteiger partial charge in [-0.05, 0) is 31.0 Å². The van der Waals surface area contributed by atoms with E-state index in [2.05, 4.69) is 0 Å². The van der Waals surface area contributed by atoms with Gasteiger partial charge in [-0.3, -0.25) is 9.59 Å². The summed E-state index contributed by atoms with van der Waals surface area (Å²) in [5.74, 6) is -10.1. The zero-order valence-electron chi connectivity index (χ0n) is 18.0. The Morgan fingerprint density at radius 1 is 0.714 bits per heavy atom. The molecule has 0 aliphatic heterocycles. The summed E-state index contributed by atoms with van der Waals surface area (Å²) in [4.78, 5) is 47.8. The molecule has 0 bridgehead atoms. The molecule has 0 fully saturated rings. The third-order valence-electron chi connectivity index (χ3n) is 5.35. The highest BCUT2D eigenvalue weighted by atomic mass is 19.4. The van der Waals surface area contributed by atoms with Crippen LogP contribution in [0.25, 0.3) is 10.8 Å². The second-order valence-corrected chi connectivity index (χ2v) is 7.83. The van der Waals surface area contributed by atoms with Gasteiger partial charge in [-0.2, -0.15) is 13.2 Å². The number of carboxylic acids is 2. The molecule has 2 amide bonds. The van der Waals surface area contributed by atoms with Gasteiger partial charge in [0.25, 0.3) is 5.92 Å². The number of rotatable bonds is 11. The lowest BCUT2D eigenvalue weighted by atomic mass is 9.85. The van der Waals surface area contributed by atoms with Crippen molar-refractivity contribution in [3.05, 3.63) is 46.0 Å². The van der Waals surface area contributed by atoms with Crippen LogP contribution in [0.5, 0.6) is 0 Å². The molecule has 0 unspecified atom stereocenters. The Morgan fingerprint density at radius 2 is 1.20 bits per heavy atom. The first kappa shape index (κ1) is 27.5. The van der Waals surface area contributed by atoms with Gasteiger partial charge >= 0.3 is 18.1 Å². The normalized spacial score (nSPS) is 12.0. The number of halogens is 5. The minimum Gasteiger partial charge on any atom is -0.478 e. The van der Waals surface area contributed by atoms with Crippen LogP contribution in [0.2, 0.25) is 0 Å². The predicted molar refractivity (Wildman–Crippen MR) is 113 cm³/mol. The molecule has 0 heterocycles. The maximum absolute atomic E-state index is 15.2. The molecule has 190 valence electrons. The number of hydrogen-bond donors (Lipinski definition) is 4. The fraction of sp³-hybridized carbons (Fsp3) is 0.364. The van der Waals surface area contributed by atoms with Crippen molar-refractivity contribution in [2.24, 2.45) is 11.5 Å². The van der Waals surface area contributed by atoms with Gasteiger partial charge in [0.15, 0.2) is 0 Å². The zero-order valence-corrected chi connectivity index (χ0v) is 18.0. The number of carbonyl (C=O) groups is 4. The van der Waals surface area contributed by atoms with Gasteiger partial charge < -0.3 is 21.7 Å². The SMILES string of the molecule is NC(=O)c1cc(C(F)(F)CCCCCCC(F)(F)F)c(C(N)=O)c2c(C(=O)O)ccc(C(=O)O)c12. The van der Waals surface area contributed by atoms with Crippen LogP contribution in [-0.2, 0) is 5.92 Å². The van der Waals surface area contributed by atoms with E-state index < -0.39 is 87.3 Å². The second-order valence-electron chi connectivity index (χ2n) is 7.83. The Bertz CT molecular complexity index is 1190. The molecule has 0 radical (unpaired) electrons. The van der Waals surface area contributed by atoms with Gasteiger partial charge in [-0.25, -0.2) is 18.4 Å². The van der Waals surface area contributed by atoms with Gasteiger partial charge in [-0.15, -0.1) is 0 Å². The smallest absolute Gasteiger partial charge is 0.389 e. The molecule has 8 nitrogen and oxygen atoms in total. The van der Waals surface area contributed by atoms with Crippen molar-refractivity contribution >= 4 is 34.5 Å². The highest BCUT2D eigenvalue weighted by Crippen LogP contribution is 2.41. The van der Waals surface area contributed by atoms with Crippen LogP contribution < -0.4 is 11.5 Å². The first-order chi connectivity index (χ1) is 16.1. The Kier molecular flexibility index (Phi) is 8.04. The van der Waals surface area contributed by atoms with Crippen molar-refractivity contribution in [2.45, 2.75) is 50.6 Å². The first-order valence-corrected chi connectivity index (χ1v) is 10.2. The quantitative estimate of drug-likeness (QED) is 0.262. The second kappa shape index (κ2) is 10.2. The predicted octanol–water partition coefficient (Wildman–Crippen LogP) is 4.43. The molecule has 13 heteroatoms. The Labute approximate surface area is 194 Å². The van der Waals surface area contributed by atoms with Gasteiger partial charge in [0, 0.05) is 34.7 Å².